The van der Waals surface area contributed by atoms with Gasteiger partial charge in [-0.1, -0.05) is 13.8 Å². The van der Waals surface area contributed by atoms with E-state index in [-0.39, 0.29) is 29.5 Å². The molecule has 0 spiro atoms. The zero-order valence-electron chi connectivity index (χ0n) is 15.7. The minimum atomic E-state index is -3.78. The predicted molar refractivity (Wildman–Crippen MR) is 98.9 cm³/mol. The van der Waals surface area contributed by atoms with Crippen LogP contribution in [-0.2, 0) is 19.6 Å². The molecule has 150 valence electrons. The third kappa shape index (κ3) is 4.98. The first-order valence-electron chi connectivity index (χ1n) is 9.09. The molecule has 9 heteroatoms. The molecule has 1 heterocycles. The van der Waals surface area contributed by atoms with Crippen LogP contribution >= 0.6 is 0 Å². The Kier molecular flexibility index (Phi) is 7.20. The summed E-state index contributed by atoms with van der Waals surface area (Å²) < 4.78 is 31.4. The lowest BCUT2D eigenvalue weighted by Crippen LogP contribution is -2.38. The van der Waals surface area contributed by atoms with Gasteiger partial charge in [0, 0.05) is 26.2 Å². The molecule has 1 saturated heterocycles. The maximum atomic E-state index is 12.6. The molecule has 1 aromatic carbocycles. The number of ether oxygens (including phenoxy) is 1. The van der Waals surface area contributed by atoms with Crippen molar-refractivity contribution in [2.75, 3.05) is 32.8 Å². The average molecular weight is 398 g/mol. The van der Waals surface area contributed by atoms with Gasteiger partial charge in [0.25, 0.3) is 5.91 Å². The number of phenolic OH excluding ortho intramolecular Hbond substituents is 1. The predicted octanol–water partition coefficient (Wildman–Crippen LogP) is 1.59. The number of benzene rings is 1. The van der Waals surface area contributed by atoms with E-state index >= 15 is 0 Å². The second-order valence-electron chi connectivity index (χ2n) is 6.29. The van der Waals surface area contributed by atoms with Gasteiger partial charge in [0.05, 0.1) is 4.90 Å². The van der Waals surface area contributed by atoms with Crippen molar-refractivity contribution in [1.82, 2.24) is 9.21 Å². The molecular formula is C18H26N2O6S. The molecule has 1 aliphatic heterocycles. The second-order valence-corrected chi connectivity index (χ2v) is 8.22. The topological polar surface area (TPSA) is 104 Å². The van der Waals surface area contributed by atoms with Crippen molar-refractivity contribution in [3.05, 3.63) is 23.8 Å². The number of aromatic hydroxyl groups is 1. The highest BCUT2D eigenvalue weighted by molar-refractivity contribution is 7.89. The normalized spacial score (nSPS) is 15.0. The molecule has 0 aliphatic carbocycles. The van der Waals surface area contributed by atoms with Crippen LogP contribution in [0.4, 0.5) is 0 Å². The summed E-state index contributed by atoms with van der Waals surface area (Å²) in [4.78, 5) is 25.9. The van der Waals surface area contributed by atoms with Gasteiger partial charge in [-0.25, -0.2) is 13.2 Å². The molecule has 0 bridgehead atoms. The molecule has 0 atom stereocenters. The fourth-order valence-corrected chi connectivity index (χ4v) is 4.48. The van der Waals surface area contributed by atoms with Crippen LogP contribution in [0.3, 0.4) is 0 Å². The van der Waals surface area contributed by atoms with Gasteiger partial charge in [0.1, 0.15) is 11.3 Å². The third-order valence-electron chi connectivity index (χ3n) is 4.57. The van der Waals surface area contributed by atoms with Crippen LogP contribution in [0.25, 0.3) is 0 Å². The van der Waals surface area contributed by atoms with Crippen molar-refractivity contribution in [2.45, 2.75) is 38.0 Å². The fourth-order valence-electron chi connectivity index (χ4n) is 2.99. The van der Waals surface area contributed by atoms with Crippen molar-refractivity contribution >= 4 is 21.9 Å². The summed E-state index contributed by atoms with van der Waals surface area (Å²) in [5.41, 5.74) is -0.283. The highest BCUT2D eigenvalue weighted by atomic mass is 32.2. The molecule has 8 nitrogen and oxygen atoms in total. The lowest BCUT2D eigenvalue weighted by atomic mass is 10.1. The Labute approximate surface area is 159 Å². The zero-order chi connectivity index (χ0) is 20.0. The van der Waals surface area contributed by atoms with Crippen molar-refractivity contribution in [3.8, 4) is 5.75 Å². The van der Waals surface area contributed by atoms with E-state index in [1.54, 1.807) is 18.7 Å². The van der Waals surface area contributed by atoms with Crippen LogP contribution in [0.5, 0.6) is 5.75 Å². The summed E-state index contributed by atoms with van der Waals surface area (Å²) >= 11 is 0. The molecule has 0 saturated carbocycles. The Morgan fingerprint density at radius 1 is 1.15 bits per heavy atom. The van der Waals surface area contributed by atoms with Crippen molar-refractivity contribution in [3.63, 3.8) is 0 Å². The molecule has 0 aromatic heterocycles. The number of carbonyl (C=O) groups is 2. The van der Waals surface area contributed by atoms with E-state index in [1.165, 1.54) is 10.4 Å². The molecule has 1 amide bonds. The van der Waals surface area contributed by atoms with Gasteiger partial charge in [-0.15, -0.1) is 0 Å². The number of piperidine rings is 1. The van der Waals surface area contributed by atoms with Crippen LogP contribution in [0, 0.1) is 0 Å². The molecule has 0 unspecified atom stereocenters. The highest BCUT2D eigenvalue weighted by Crippen LogP contribution is 2.24. The lowest BCUT2D eigenvalue weighted by molar-refractivity contribution is -0.135. The molecule has 2 rings (SSSR count). The van der Waals surface area contributed by atoms with Crippen molar-refractivity contribution in [2.24, 2.45) is 0 Å². The summed E-state index contributed by atoms with van der Waals surface area (Å²) in [7, 11) is -3.78. The zero-order valence-corrected chi connectivity index (χ0v) is 16.5. The van der Waals surface area contributed by atoms with Crippen LogP contribution in [0.2, 0.25) is 0 Å². The van der Waals surface area contributed by atoms with Crippen molar-refractivity contribution < 1.29 is 27.9 Å². The van der Waals surface area contributed by atoms with E-state index in [1.807, 2.05) is 0 Å². The number of carbonyl (C=O) groups excluding carboxylic acids is 2. The Bertz CT molecular complexity index is 783. The number of sulfonamides is 1. The van der Waals surface area contributed by atoms with E-state index in [4.69, 9.17) is 4.74 Å². The number of hydrogen-bond donors (Lipinski definition) is 1. The number of nitrogens with zero attached hydrogens (tertiary/aromatic N) is 2. The summed E-state index contributed by atoms with van der Waals surface area (Å²) in [5, 5.41) is 9.93. The van der Waals surface area contributed by atoms with E-state index in [0.29, 0.717) is 13.1 Å². The number of hydrogen-bond acceptors (Lipinski definition) is 6. The standard InChI is InChI=1S/C18H26N2O6S/c1-3-20(4-2)27(24,25)14-8-9-16(21)15(12-14)18(23)26-13-17(22)19-10-6-5-7-11-19/h8-9,12,21H,3-7,10-11,13H2,1-2H3. The average Bonchev–Trinajstić information content (AvgIpc) is 2.67. The summed E-state index contributed by atoms with van der Waals surface area (Å²) in [6.45, 7) is 4.82. The monoisotopic (exact) mass is 398 g/mol. The van der Waals surface area contributed by atoms with Gasteiger partial charge in [-0.2, -0.15) is 4.31 Å². The molecule has 1 aromatic rings. The molecule has 1 aliphatic rings. The molecule has 1 fully saturated rings. The lowest BCUT2D eigenvalue weighted by Gasteiger charge is -2.26. The molecular weight excluding hydrogens is 372 g/mol. The minimum absolute atomic E-state index is 0.113. The van der Waals surface area contributed by atoms with E-state index < -0.39 is 28.3 Å². The molecule has 0 radical (unpaired) electrons. The first-order valence-corrected chi connectivity index (χ1v) is 10.5. The molecule has 1 N–H and O–H groups in total. The quantitative estimate of drug-likeness (QED) is 0.700. The van der Waals surface area contributed by atoms with Crippen LogP contribution in [0.1, 0.15) is 43.5 Å². The van der Waals surface area contributed by atoms with Gasteiger partial charge < -0.3 is 14.7 Å². The number of likely N-dealkylation sites (tertiary alicyclic amines) is 1. The third-order valence-corrected chi connectivity index (χ3v) is 6.61. The highest BCUT2D eigenvalue weighted by Gasteiger charge is 2.25. The van der Waals surface area contributed by atoms with Crippen LogP contribution in [0.15, 0.2) is 23.1 Å². The van der Waals surface area contributed by atoms with Crippen molar-refractivity contribution in [1.29, 1.82) is 0 Å². The summed E-state index contributed by atoms with van der Waals surface area (Å²) in [6.07, 6.45) is 2.92. The van der Waals surface area contributed by atoms with Crippen LogP contribution in [-0.4, -0.2) is 67.4 Å². The SMILES string of the molecule is CCN(CC)S(=O)(=O)c1ccc(O)c(C(=O)OCC(=O)N2CCCCC2)c1. The van der Waals surface area contributed by atoms with E-state index in [9.17, 15) is 23.1 Å². The van der Waals surface area contributed by atoms with Gasteiger partial charge in [0.15, 0.2) is 6.61 Å². The smallest absolute Gasteiger partial charge is 0.342 e. The van der Waals surface area contributed by atoms with E-state index in [2.05, 4.69) is 0 Å². The van der Waals surface area contributed by atoms with Gasteiger partial charge in [0.2, 0.25) is 10.0 Å². The first kappa shape index (κ1) is 21.2. The largest absolute Gasteiger partial charge is 0.507 e. The van der Waals surface area contributed by atoms with E-state index in [0.717, 1.165) is 31.4 Å². The number of rotatable bonds is 7. The number of phenols is 1. The number of esters is 1. The summed E-state index contributed by atoms with van der Waals surface area (Å²) in [6, 6.07) is 3.45. The Hall–Kier alpha value is -2.13. The first-order chi connectivity index (χ1) is 12.8. The van der Waals surface area contributed by atoms with Crippen LogP contribution < -0.4 is 0 Å². The fraction of sp³-hybridized carbons (Fsp3) is 0.556. The Morgan fingerprint density at radius 2 is 1.78 bits per heavy atom. The number of amides is 1. The Balaban J connectivity index is 2.13. The maximum Gasteiger partial charge on any atom is 0.342 e. The summed E-state index contributed by atoms with van der Waals surface area (Å²) in [5.74, 6) is -1.63. The Morgan fingerprint density at radius 3 is 2.37 bits per heavy atom. The second kappa shape index (κ2) is 9.18. The maximum absolute atomic E-state index is 12.6. The van der Waals surface area contributed by atoms with Gasteiger partial charge in [-0.05, 0) is 37.5 Å². The molecule has 27 heavy (non-hydrogen) atoms. The van der Waals surface area contributed by atoms with Gasteiger partial charge in [-0.3, -0.25) is 4.79 Å². The van der Waals surface area contributed by atoms with Gasteiger partial charge >= 0.3 is 5.97 Å². The minimum Gasteiger partial charge on any atom is -0.507 e.